The molecule has 3 rings (SSSR count). The monoisotopic (exact) mass is 260 g/mol. The molecule has 0 bridgehead atoms. The molecule has 19 heavy (non-hydrogen) atoms. The minimum absolute atomic E-state index is 0.250. The number of imidazole rings is 1. The Kier molecular flexibility index (Phi) is 2.90. The van der Waals surface area contributed by atoms with Crippen LogP contribution >= 0.6 is 0 Å². The number of benzene rings is 1. The Balaban J connectivity index is 2.08. The Morgan fingerprint density at radius 2 is 2.32 bits per heavy atom. The molecule has 100 valence electrons. The average molecular weight is 260 g/mol. The number of rotatable bonds is 3. The maximum Gasteiger partial charge on any atom is 0.148 e. The highest BCUT2D eigenvalue weighted by molar-refractivity contribution is 5.42. The molecule has 1 aliphatic rings. The predicted molar refractivity (Wildman–Crippen MR) is 70.2 cm³/mol. The van der Waals surface area contributed by atoms with Crippen LogP contribution in [0.25, 0.3) is 0 Å². The van der Waals surface area contributed by atoms with Gasteiger partial charge in [-0.05, 0) is 42.5 Å². The first kappa shape index (κ1) is 12.4. The molecule has 0 radical (unpaired) electrons. The third-order valence-corrected chi connectivity index (χ3v) is 3.82. The van der Waals surface area contributed by atoms with Gasteiger partial charge in [0.2, 0.25) is 0 Å². The van der Waals surface area contributed by atoms with Crippen molar-refractivity contribution < 1.29 is 9.50 Å². The smallest absolute Gasteiger partial charge is 0.148 e. The highest BCUT2D eigenvalue weighted by Crippen LogP contribution is 2.41. The van der Waals surface area contributed by atoms with Crippen molar-refractivity contribution in [3.63, 3.8) is 0 Å². The van der Waals surface area contributed by atoms with Crippen LogP contribution in [0.5, 0.6) is 0 Å². The Bertz CT molecular complexity index is 608. The van der Waals surface area contributed by atoms with Crippen molar-refractivity contribution in [2.75, 3.05) is 0 Å². The Labute approximate surface area is 111 Å². The van der Waals surface area contributed by atoms with Crippen LogP contribution in [0, 0.1) is 5.82 Å². The Morgan fingerprint density at radius 3 is 3.11 bits per heavy atom. The molecule has 0 saturated carbocycles. The zero-order chi connectivity index (χ0) is 13.5. The largest absolute Gasteiger partial charge is 0.377 e. The van der Waals surface area contributed by atoms with Crippen molar-refractivity contribution in [1.29, 1.82) is 0 Å². The number of aliphatic hydroxyl groups is 1. The van der Waals surface area contributed by atoms with Crippen molar-refractivity contribution >= 4 is 0 Å². The second-order valence-corrected chi connectivity index (χ2v) is 5.11. The van der Waals surface area contributed by atoms with Crippen LogP contribution in [0.1, 0.15) is 36.7 Å². The molecule has 2 aromatic rings. The summed E-state index contributed by atoms with van der Waals surface area (Å²) in [4.78, 5) is 4.33. The fourth-order valence-corrected chi connectivity index (χ4v) is 2.95. The molecule has 0 spiro atoms. The molecule has 0 amide bonds. The summed E-state index contributed by atoms with van der Waals surface area (Å²) < 4.78 is 15.2. The van der Waals surface area contributed by atoms with Crippen molar-refractivity contribution in [3.05, 3.63) is 53.4 Å². The van der Waals surface area contributed by atoms with Gasteiger partial charge < -0.3 is 9.67 Å². The van der Waals surface area contributed by atoms with Crippen LogP contribution in [0.2, 0.25) is 0 Å². The third kappa shape index (κ3) is 1.87. The zero-order valence-electron chi connectivity index (χ0n) is 10.9. The lowest BCUT2D eigenvalue weighted by atomic mass is 9.95. The lowest BCUT2D eigenvalue weighted by molar-refractivity contribution is 0.0691. The first-order chi connectivity index (χ1) is 9.15. The summed E-state index contributed by atoms with van der Waals surface area (Å²) in [6, 6.07) is 4.60. The van der Waals surface area contributed by atoms with Crippen LogP contribution in [0.3, 0.4) is 0 Å². The highest BCUT2D eigenvalue weighted by Gasteiger charge is 2.41. The summed E-state index contributed by atoms with van der Waals surface area (Å²) in [5.74, 6) is 0.416. The maximum absolute atomic E-state index is 13.3. The predicted octanol–water partition coefficient (Wildman–Crippen LogP) is 2.61. The Hall–Kier alpha value is -1.68. The molecule has 0 saturated heterocycles. The fraction of sp³-hybridized carbons (Fsp3) is 0.400. The number of hydrogen-bond donors (Lipinski definition) is 1. The lowest BCUT2D eigenvalue weighted by Crippen LogP contribution is -2.28. The molecule has 0 fully saturated rings. The molecule has 1 atom stereocenters. The molecule has 4 heteroatoms. The van der Waals surface area contributed by atoms with Gasteiger partial charge in [-0.3, -0.25) is 0 Å². The van der Waals surface area contributed by atoms with Gasteiger partial charge in [0.1, 0.15) is 17.2 Å². The zero-order valence-corrected chi connectivity index (χ0v) is 10.9. The summed E-state index contributed by atoms with van der Waals surface area (Å²) in [6.45, 7) is 2.92. The normalized spacial score (nSPS) is 21.6. The van der Waals surface area contributed by atoms with Crippen LogP contribution in [0.15, 0.2) is 30.6 Å². The van der Waals surface area contributed by atoms with Crippen molar-refractivity contribution in [3.8, 4) is 0 Å². The van der Waals surface area contributed by atoms with E-state index in [0.717, 1.165) is 24.1 Å². The van der Waals surface area contributed by atoms with Gasteiger partial charge in [0.25, 0.3) is 0 Å². The minimum atomic E-state index is -1.08. The molecule has 1 aromatic carbocycles. The van der Waals surface area contributed by atoms with E-state index in [1.165, 1.54) is 12.1 Å². The fourth-order valence-electron chi connectivity index (χ4n) is 2.95. The number of halogens is 1. The topological polar surface area (TPSA) is 38.0 Å². The van der Waals surface area contributed by atoms with Crippen LogP contribution in [-0.4, -0.2) is 14.7 Å². The van der Waals surface area contributed by atoms with Gasteiger partial charge in [0.05, 0.1) is 0 Å². The average Bonchev–Trinajstić information content (AvgIpc) is 2.96. The van der Waals surface area contributed by atoms with Crippen molar-refractivity contribution in [2.45, 2.75) is 38.3 Å². The molecule has 1 aromatic heterocycles. The molecule has 1 aliphatic carbocycles. The van der Waals surface area contributed by atoms with Gasteiger partial charge in [0, 0.05) is 18.9 Å². The van der Waals surface area contributed by atoms with E-state index in [-0.39, 0.29) is 5.82 Å². The van der Waals surface area contributed by atoms with E-state index in [4.69, 9.17) is 0 Å². The van der Waals surface area contributed by atoms with Gasteiger partial charge in [-0.1, -0.05) is 13.0 Å². The Morgan fingerprint density at radius 1 is 1.47 bits per heavy atom. The second-order valence-electron chi connectivity index (χ2n) is 5.11. The molecular formula is C15H17FN2O. The van der Waals surface area contributed by atoms with Gasteiger partial charge in [-0.2, -0.15) is 0 Å². The number of fused-ring (bicyclic) bond motifs is 1. The third-order valence-electron chi connectivity index (χ3n) is 3.82. The molecule has 1 N–H and O–H groups in total. The summed E-state index contributed by atoms with van der Waals surface area (Å²) >= 11 is 0. The van der Waals surface area contributed by atoms with E-state index in [1.807, 2.05) is 10.8 Å². The van der Waals surface area contributed by atoms with E-state index in [0.29, 0.717) is 18.7 Å². The van der Waals surface area contributed by atoms with E-state index in [9.17, 15) is 9.50 Å². The van der Waals surface area contributed by atoms with Gasteiger partial charge >= 0.3 is 0 Å². The summed E-state index contributed by atoms with van der Waals surface area (Å²) in [5, 5.41) is 11.0. The number of aromatic nitrogens is 2. The van der Waals surface area contributed by atoms with Gasteiger partial charge in [-0.25, -0.2) is 9.37 Å². The van der Waals surface area contributed by atoms with E-state index in [2.05, 4.69) is 11.9 Å². The minimum Gasteiger partial charge on any atom is -0.377 e. The standard InChI is InChI=1S/C15H17FN2O/c1-2-8-18-9-7-17-14(18)15(19)6-5-11-10-12(16)3-4-13(11)15/h3-4,7,9-10,19H,2,5-6,8H2,1H3. The van der Waals surface area contributed by atoms with Gasteiger partial charge in [-0.15, -0.1) is 0 Å². The number of nitrogens with zero attached hydrogens (tertiary/aromatic N) is 2. The SMILES string of the molecule is CCCn1ccnc1C1(O)CCc2cc(F)ccc21. The second kappa shape index (κ2) is 4.46. The highest BCUT2D eigenvalue weighted by atomic mass is 19.1. The molecular weight excluding hydrogens is 243 g/mol. The van der Waals surface area contributed by atoms with E-state index >= 15 is 0 Å². The van der Waals surface area contributed by atoms with Crippen molar-refractivity contribution in [2.24, 2.45) is 0 Å². The van der Waals surface area contributed by atoms with E-state index < -0.39 is 5.60 Å². The first-order valence-electron chi connectivity index (χ1n) is 6.68. The molecule has 0 aliphatic heterocycles. The number of aryl methyl sites for hydroxylation is 2. The maximum atomic E-state index is 13.3. The molecule has 1 heterocycles. The van der Waals surface area contributed by atoms with Gasteiger partial charge in [0.15, 0.2) is 0 Å². The first-order valence-corrected chi connectivity index (χ1v) is 6.68. The quantitative estimate of drug-likeness (QED) is 0.921. The number of hydrogen-bond acceptors (Lipinski definition) is 2. The van der Waals surface area contributed by atoms with Crippen LogP contribution < -0.4 is 0 Å². The summed E-state index contributed by atoms with van der Waals surface area (Å²) in [5.41, 5.74) is 0.591. The van der Waals surface area contributed by atoms with E-state index in [1.54, 1.807) is 12.3 Å². The lowest BCUT2D eigenvalue weighted by Gasteiger charge is -2.24. The van der Waals surface area contributed by atoms with Crippen LogP contribution in [0.4, 0.5) is 4.39 Å². The molecule has 3 nitrogen and oxygen atoms in total. The summed E-state index contributed by atoms with van der Waals surface area (Å²) in [7, 11) is 0. The van der Waals surface area contributed by atoms with Crippen LogP contribution in [-0.2, 0) is 18.6 Å². The summed E-state index contributed by atoms with van der Waals surface area (Å²) in [6.07, 6.45) is 5.83. The van der Waals surface area contributed by atoms with Crippen molar-refractivity contribution in [1.82, 2.24) is 9.55 Å². The molecule has 1 unspecified atom stereocenters.